The highest BCUT2D eigenvalue weighted by molar-refractivity contribution is 7.98. The lowest BCUT2D eigenvalue weighted by Crippen LogP contribution is -2.30. The molecule has 3 aromatic rings. The molecule has 0 aliphatic heterocycles. The molecule has 31 heavy (non-hydrogen) atoms. The summed E-state index contributed by atoms with van der Waals surface area (Å²) in [6.07, 6.45) is 4.22. The largest absolute Gasteiger partial charge is 0.349 e. The Morgan fingerprint density at radius 3 is 2.74 bits per heavy atom. The van der Waals surface area contributed by atoms with E-state index >= 15 is 0 Å². The van der Waals surface area contributed by atoms with E-state index in [1.165, 1.54) is 11.1 Å². The van der Waals surface area contributed by atoms with Crippen LogP contribution in [0.1, 0.15) is 48.2 Å². The lowest BCUT2D eigenvalue weighted by molar-refractivity contribution is -0.125. The molecule has 1 aliphatic carbocycles. The second-order valence-corrected chi connectivity index (χ2v) is 9.52. The van der Waals surface area contributed by atoms with Gasteiger partial charge < -0.3 is 5.32 Å². The van der Waals surface area contributed by atoms with Crippen LogP contribution in [0.2, 0.25) is 5.02 Å². The molecule has 7 heteroatoms. The minimum atomic E-state index is 0.115. The number of aromatic nitrogens is 3. The van der Waals surface area contributed by atoms with Crippen LogP contribution < -0.4 is 5.32 Å². The average Bonchev–Trinajstić information content (AvgIpc) is 3.42. The minimum absolute atomic E-state index is 0.115. The van der Waals surface area contributed by atoms with E-state index in [0.717, 1.165) is 47.8 Å². The van der Waals surface area contributed by atoms with Gasteiger partial charge in [0.15, 0.2) is 11.0 Å². The van der Waals surface area contributed by atoms with Crippen LogP contribution in [0.4, 0.5) is 0 Å². The van der Waals surface area contributed by atoms with Crippen LogP contribution in [-0.4, -0.2) is 20.7 Å². The van der Waals surface area contributed by atoms with E-state index in [0.29, 0.717) is 17.4 Å². The minimum Gasteiger partial charge on any atom is -0.349 e. The number of carbonyl (C=O) groups is 1. The molecular formula is C24H27ClN4OS. The fraction of sp³-hybridized carbons (Fsp3) is 0.375. The van der Waals surface area contributed by atoms with Gasteiger partial charge in [-0.3, -0.25) is 9.36 Å². The molecule has 2 aromatic carbocycles. The van der Waals surface area contributed by atoms with Crippen LogP contribution in [0.3, 0.4) is 0 Å². The molecule has 1 heterocycles. The molecule has 1 aliphatic rings. The first-order valence-electron chi connectivity index (χ1n) is 10.7. The van der Waals surface area contributed by atoms with Gasteiger partial charge in [-0.1, -0.05) is 72.1 Å². The molecule has 162 valence electrons. The second-order valence-electron chi connectivity index (χ2n) is 8.14. The van der Waals surface area contributed by atoms with Gasteiger partial charge in [-0.15, -0.1) is 10.2 Å². The molecule has 0 unspecified atom stereocenters. The van der Waals surface area contributed by atoms with Crippen molar-refractivity contribution in [3.8, 4) is 5.69 Å². The van der Waals surface area contributed by atoms with Crippen LogP contribution in [-0.2, 0) is 17.1 Å². The van der Waals surface area contributed by atoms with Gasteiger partial charge in [0.1, 0.15) is 0 Å². The first-order chi connectivity index (χ1) is 15.0. The monoisotopic (exact) mass is 454 g/mol. The maximum Gasteiger partial charge on any atom is 0.223 e. The molecule has 1 aromatic heterocycles. The van der Waals surface area contributed by atoms with E-state index in [-0.39, 0.29) is 11.8 Å². The molecule has 0 spiro atoms. The maximum absolute atomic E-state index is 12.5. The lowest BCUT2D eigenvalue weighted by atomic mass is 10.1. The van der Waals surface area contributed by atoms with Gasteiger partial charge in [0.25, 0.3) is 0 Å². The number of carbonyl (C=O) groups excluding carboxylic acids is 1. The molecule has 0 atom stereocenters. The van der Waals surface area contributed by atoms with Gasteiger partial charge >= 0.3 is 0 Å². The highest BCUT2D eigenvalue weighted by Gasteiger charge is 2.23. The Morgan fingerprint density at radius 1 is 1.16 bits per heavy atom. The smallest absolute Gasteiger partial charge is 0.223 e. The molecule has 1 saturated carbocycles. The Kier molecular flexibility index (Phi) is 6.98. The molecule has 1 fully saturated rings. The molecule has 4 rings (SSSR count). The lowest BCUT2D eigenvalue weighted by Gasteiger charge is -2.15. The van der Waals surface area contributed by atoms with Gasteiger partial charge in [-0.2, -0.15) is 0 Å². The van der Waals surface area contributed by atoms with Crippen LogP contribution in [0.25, 0.3) is 5.69 Å². The van der Waals surface area contributed by atoms with Crippen molar-refractivity contribution in [3.63, 3.8) is 0 Å². The summed E-state index contributed by atoms with van der Waals surface area (Å²) in [5.41, 5.74) is 4.48. The van der Waals surface area contributed by atoms with Gasteiger partial charge in [0, 0.05) is 16.7 Å². The molecular weight excluding hydrogens is 428 g/mol. The van der Waals surface area contributed by atoms with Crippen LogP contribution in [0.5, 0.6) is 0 Å². The zero-order valence-electron chi connectivity index (χ0n) is 17.9. The number of hydrogen-bond acceptors (Lipinski definition) is 4. The molecule has 1 N–H and O–H groups in total. The number of aryl methyl sites for hydroxylation is 2. The van der Waals surface area contributed by atoms with Crippen LogP contribution >= 0.6 is 23.4 Å². The third-order valence-electron chi connectivity index (χ3n) is 5.71. The average molecular weight is 455 g/mol. The quantitative estimate of drug-likeness (QED) is 0.469. The van der Waals surface area contributed by atoms with Crippen molar-refractivity contribution in [1.29, 1.82) is 0 Å². The third-order valence-corrected chi connectivity index (χ3v) is 6.94. The van der Waals surface area contributed by atoms with E-state index in [1.807, 2.05) is 29.7 Å². The zero-order valence-corrected chi connectivity index (χ0v) is 19.5. The number of nitrogens with one attached hydrogen (secondary N) is 1. The second kappa shape index (κ2) is 9.88. The van der Waals surface area contributed by atoms with Crippen molar-refractivity contribution in [3.05, 3.63) is 70.0 Å². The summed E-state index contributed by atoms with van der Waals surface area (Å²) in [6.45, 7) is 4.48. The maximum atomic E-state index is 12.5. The molecule has 1 amide bonds. The van der Waals surface area contributed by atoms with Gasteiger partial charge in [0.05, 0.1) is 12.2 Å². The van der Waals surface area contributed by atoms with Crippen molar-refractivity contribution in [1.82, 2.24) is 20.1 Å². The van der Waals surface area contributed by atoms with Gasteiger partial charge in [0.2, 0.25) is 5.91 Å². The summed E-state index contributed by atoms with van der Waals surface area (Å²) in [5.74, 6) is 1.74. The number of rotatable bonds is 7. The SMILES string of the molecule is Cc1cccc(CSc2nnc(CNC(=O)C3CCCC3)n2-c2cc(Cl)ccc2C)c1. The van der Waals surface area contributed by atoms with E-state index < -0.39 is 0 Å². The summed E-state index contributed by atoms with van der Waals surface area (Å²) < 4.78 is 2.02. The molecule has 0 saturated heterocycles. The highest BCUT2D eigenvalue weighted by atomic mass is 35.5. The standard InChI is InChI=1S/C24H27ClN4OS/c1-16-6-5-7-18(12-16)15-31-24-28-27-22(14-26-23(30)19-8-3-4-9-19)29(24)21-13-20(25)11-10-17(21)2/h5-7,10-13,19H,3-4,8-9,14-15H2,1-2H3,(H,26,30). The summed E-state index contributed by atoms with van der Waals surface area (Å²) in [4.78, 5) is 12.5. The number of halogens is 1. The van der Waals surface area contributed by atoms with Crippen molar-refractivity contribution in [2.24, 2.45) is 5.92 Å². The number of benzene rings is 2. The molecule has 0 bridgehead atoms. The van der Waals surface area contributed by atoms with Gasteiger partial charge in [-0.25, -0.2) is 0 Å². The normalized spacial score (nSPS) is 14.2. The van der Waals surface area contributed by atoms with E-state index in [4.69, 9.17) is 11.6 Å². The predicted molar refractivity (Wildman–Crippen MR) is 126 cm³/mol. The number of nitrogens with zero attached hydrogens (tertiary/aromatic N) is 3. The summed E-state index contributed by atoms with van der Waals surface area (Å²) >= 11 is 7.94. The van der Waals surface area contributed by atoms with Crippen molar-refractivity contribution in [2.45, 2.75) is 57.0 Å². The van der Waals surface area contributed by atoms with Crippen LogP contribution in [0.15, 0.2) is 47.6 Å². The Balaban J connectivity index is 1.60. The Labute approximate surface area is 192 Å². The number of amides is 1. The first kappa shape index (κ1) is 21.9. The fourth-order valence-corrected chi connectivity index (χ4v) is 5.10. The van der Waals surface area contributed by atoms with Crippen molar-refractivity contribution < 1.29 is 4.79 Å². The number of thioether (sulfide) groups is 1. The Morgan fingerprint density at radius 2 is 1.97 bits per heavy atom. The summed E-state index contributed by atoms with van der Waals surface area (Å²) in [6, 6.07) is 14.3. The Bertz CT molecular complexity index is 1080. The first-order valence-corrected chi connectivity index (χ1v) is 12.0. The third kappa shape index (κ3) is 5.31. The molecule has 5 nitrogen and oxygen atoms in total. The highest BCUT2D eigenvalue weighted by Crippen LogP contribution is 2.29. The number of hydrogen-bond donors (Lipinski definition) is 1. The Hall–Kier alpha value is -2.31. The summed E-state index contributed by atoms with van der Waals surface area (Å²) in [7, 11) is 0. The summed E-state index contributed by atoms with van der Waals surface area (Å²) in [5, 5.41) is 13.4. The predicted octanol–water partition coefficient (Wildman–Crippen LogP) is 5.64. The topological polar surface area (TPSA) is 59.8 Å². The van der Waals surface area contributed by atoms with Crippen LogP contribution in [0, 0.1) is 19.8 Å². The van der Waals surface area contributed by atoms with Crippen molar-refractivity contribution >= 4 is 29.3 Å². The van der Waals surface area contributed by atoms with Crippen molar-refractivity contribution in [2.75, 3.05) is 0 Å². The zero-order chi connectivity index (χ0) is 21.8. The molecule has 0 radical (unpaired) electrons. The fourth-order valence-electron chi connectivity index (χ4n) is 4.02. The van der Waals surface area contributed by atoms with E-state index in [1.54, 1.807) is 11.8 Å². The van der Waals surface area contributed by atoms with E-state index in [2.05, 4.69) is 46.7 Å². The van der Waals surface area contributed by atoms with E-state index in [9.17, 15) is 4.79 Å². The van der Waals surface area contributed by atoms with Gasteiger partial charge in [-0.05, 0) is 49.9 Å².